The van der Waals surface area contributed by atoms with E-state index in [0.717, 1.165) is 35.1 Å². The van der Waals surface area contributed by atoms with E-state index in [4.69, 9.17) is 5.73 Å². The summed E-state index contributed by atoms with van der Waals surface area (Å²) in [4.78, 5) is 12.1. The number of nitrogens with two attached hydrogens (primary N) is 1. The van der Waals surface area contributed by atoms with Crippen LogP contribution in [0.25, 0.3) is 10.2 Å². The number of anilines is 1. The van der Waals surface area contributed by atoms with Crippen LogP contribution in [0.4, 0.5) is 18.9 Å². The van der Waals surface area contributed by atoms with Gasteiger partial charge in [0.1, 0.15) is 20.4 Å². The lowest BCUT2D eigenvalue weighted by Crippen LogP contribution is -2.23. The number of carbonyl (C=O) groups excluding carboxylic acids is 1. The Hall–Kier alpha value is -2.73. The first-order valence-electron chi connectivity index (χ1n) is 8.14. The third-order valence-corrected chi connectivity index (χ3v) is 6.83. The van der Waals surface area contributed by atoms with E-state index in [1.807, 2.05) is 6.92 Å². The first-order chi connectivity index (χ1) is 13.5. The van der Waals surface area contributed by atoms with Crippen molar-refractivity contribution in [3.63, 3.8) is 0 Å². The van der Waals surface area contributed by atoms with Gasteiger partial charge in [-0.25, -0.2) is 12.8 Å². The van der Waals surface area contributed by atoms with E-state index < -0.39 is 32.2 Å². The van der Waals surface area contributed by atoms with Gasteiger partial charge in [-0.05, 0) is 37.1 Å². The molecule has 12 heteroatoms. The number of carbonyl (C=O) groups is 1. The number of hydrogen-bond donors (Lipinski definition) is 2. The molecule has 0 unspecified atom stereocenters. The molecule has 7 nitrogen and oxygen atoms in total. The largest absolute Gasteiger partial charge is 0.397 e. The summed E-state index contributed by atoms with van der Waals surface area (Å²) < 4.78 is 61.9. The van der Waals surface area contributed by atoms with E-state index in [1.54, 1.807) is 6.92 Å². The summed E-state index contributed by atoms with van der Waals surface area (Å²) in [6.07, 6.45) is 0. The lowest BCUT2D eigenvalue weighted by molar-refractivity contribution is 0.0955. The fourth-order valence-corrected chi connectivity index (χ4v) is 4.45. The molecule has 0 aliphatic rings. The van der Waals surface area contributed by atoms with Gasteiger partial charge in [0.2, 0.25) is 9.84 Å². The average molecular weight is 444 g/mol. The lowest BCUT2D eigenvalue weighted by Gasteiger charge is -2.08. The van der Waals surface area contributed by atoms with Crippen LogP contribution in [0.3, 0.4) is 0 Å². The van der Waals surface area contributed by atoms with E-state index >= 15 is 0 Å². The molecule has 0 fully saturated rings. The van der Waals surface area contributed by atoms with Crippen LogP contribution < -0.4 is 11.1 Å². The number of thiophene rings is 1. The standard InChI is InChI=1S/C17H15F3N4O3S2/c1-7-8(2)23-24-16-12(7)13(21)14(28-16)15(25)22-6-9-3-4-11(10(18)5-9)29(26,27)17(19)20/h3-5,17H,6,21H2,1-2H3,(H,22,25). The minimum Gasteiger partial charge on any atom is -0.397 e. The van der Waals surface area contributed by atoms with Gasteiger partial charge in [0.15, 0.2) is 0 Å². The molecule has 3 N–H and O–H groups in total. The van der Waals surface area contributed by atoms with E-state index in [0.29, 0.717) is 15.9 Å². The van der Waals surface area contributed by atoms with Crippen LogP contribution in [0.2, 0.25) is 0 Å². The van der Waals surface area contributed by atoms with Crippen LogP contribution in [-0.4, -0.2) is 30.3 Å². The van der Waals surface area contributed by atoms with E-state index in [1.165, 1.54) is 0 Å². The van der Waals surface area contributed by atoms with E-state index in [2.05, 4.69) is 15.5 Å². The number of nitrogens with one attached hydrogen (secondary N) is 1. The molecule has 0 bridgehead atoms. The molecule has 0 aliphatic heterocycles. The molecule has 0 atom stereocenters. The molecular formula is C17H15F3N4O3S2. The van der Waals surface area contributed by atoms with Crippen LogP contribution in [-0.2, 0) is 16.4 Å². The minimum atomic E-state index is -5.05. The van der Waals surface area contributed by atoms with Crippen molar-refractivity contribution in [2.24, 2.45) is 0 Å². The van der Waals surface area contributed by atoms with Crippen molar-refractivity contribution in [3.8, 4) is 0 Å². The van der Waals surface area contributed by atoms with E-state index in [9.17, 15) is 26.4 Å². The zero-order chi connectivity index (χ0) is 21.5. The average Bonchev–Trinajstić information content (AvgIpc) is 2.99. The molecule has 1 amide bonds. The summed E-state index contributed by atoms with van der Waals surface area (Å²) in [6.45, 7) is 3.42. The summed E-state index contributed by atoms with van der Waals surface area (Å²) in [7, 11) is -5.05. The van der Waals surface area contributed by atoms with Gasteiger partial charge in [0.05, 0.1) is 11.4 Å². The Labute approximate surface area is 167 Å². The molecule has 2 aromatic heterocycles. The molecule has 3 rings (SSSR count). The number of nitrogens with zero attached hydrogens (tertiary/aromatic N) is 2. The topological polar surface area (TPSA) is 115 Å². The Morgan fingerprint density at radius 3 is 2.59 bits per heavy atom. The maximum atomic E-state index is 14.0. The van der Waals surface area contributed by atoms with Crippen molar-refractivity contribution in [3.05, 3.63) is 45.7 Å². The SMILES string of the molecule is Cc1nnc2sc(C(=O)NCc3ccc(S(=O)(=O)C(F)F)c(F)c3)c(N)c2c1C. The lowest BCUT2D eigenvalue weighted by atomic mass is 10.1. The molecule has 0 saturated carbocycles. The number of rotatable bonds is 5. The second-order valence-corrected chi connectivity index (χ2v) is 9.07. The maximum Gasteiger partial charge on any atom is 0.341 e. The molecular weight excluding hydrogens is 429 g/mol. The fraction of sp³-hybridized carbons (Fsp3) is 0.235. The van der Waals surface area contributed by atoms with Gasteiger partial charge in [-0.1, -0.05) is 6.07 Å². The highest BCUT2D eigenvalue weighted by Gasteiger charge is 2.29. The normalized spacial score (nSPS) is 11.9. The highest BCUT2D eigenvalue weighted by molar-refractivity contribution is 7.91. The Morgan fingerprint density at radius 1 is 1.28 bits per heavy atom. The zero-order valence-corrected chi connectivity index (χ0v) is 16.8. The molecule has 0 radical (unpaired) electrons. The first kappa shape index (κ1) is 21.0. The second kappa shape index (κ2) is 7.59. The number of hydrogen-bond acceptors (Lipinski definition) is 7. The molecule has 2 heterocycles. The monoisotopic (exact) mass is 444 g/mol. The van der Waals surface area contributed by atoms with Crippen LogP contribution in [0.5, 0.6) is 0 Å². The smallest absolute Gasteiger partial charge is 0.341 e. The summed E-state index contributed by atoms with van der Waals surface area (Å²) in [5, 5.41) is 11.2. The van der Waals surface area contributed by atoms with Crippen LogP contribution in [0.1, 0.15) is 26.5 Å². The molecule has 154 valence electrons. The van der Waals surface area contributed by atoms with Gasteiger partial charge in [-0.3, -0.25) is 4.79 Å². The predicted molar refractivity (Wildman–Crippen MR) is 102 cm³/mol. The second-order valence-electron chi connectivity index (χ2n) is 6.19. The molecule has 0 saturated heterocycles. The highest BCUT2D eigenvalue weighted by atomic mass is 32.2. The van der Waals surface area contributed by atoms with Crippen molar-refractivity contribution >= 4 is 43.0 Å². The minimum absolute atomic E-state index is 0.165. The number of aryl methyl sites for hydroxylation is 2. The number of fused-ring (bicyclic) bond motifs is 1. The highest BCUT2D eigenvalue weighted by Crippen LogP contribution is 2.34. The molecule has 3 aromatic rings. The van der Waals surface area contributed by atoms with Gasteiger partial charge in [0, 0.05) is 11.9 Å². The summed E-state index contributed by atoms with van der Waals surface area (Å²) in [6, 6.07) is 2.67. The van der Waals surface area contributed by atoms with Gasteiger partial charge in [0.25, 0.3) is 5.91 Å². The fourth-order valence-electron chi connectivity index (χ4n) is 2.65. The number of sulfone groups is 1. The van der Waals surface area contributed by atoms with Gasteiger partial charge in [-0.2, -0.15) is 13.9 Å². The van der Waals surface area contributed by atoms with Crippen molar-refractivity contribution in [1.29, 1.82) is 0 Å². The van der Waals surface area contributed by atoms with Crippen LogP contribution >= 0.6 is 11.3 Å². The van der Waals surface area contributed by atoms with Gasteiger partial charge < -0.3 is 11.1 Å². The summed E-state index contributed by atoms with van der Waals surface area (Å²) in [5.41, 5.74) is 8.02. The van der Waals surface area contributed by atoms with Crippen LogP contribution in [0, 0.1) is 19.7 Å². The first-order valence-corrected chi connectivity index (χ1v) is 10.5. The Bertz CT molecular complexity index is 1230. The Kier molecular flexibility index (Phi) is 5.50. The van der Waals surface area contributed by atoms with Crippen LogP contribution in [0.15, 0.2) is 23.1 Å². The predicted octanol–water partition coefficient (Wildman–Crippen LogP) is 2.96. The number of amides is 1. The molecule has 1 aromatic carbocycles. The number of benzene rings is 1. The summed E-state index contributed by atoms with van der Waals surface area (Å²) >= 11 is 1.05. The molecule has 0 aliphatic carbocycles. The summed E-state index contributed by atoms with van der Waals surface area (Å²) in [5.74, 6) is -5.58. The van der Waals surface area contributed by atoms with Crippen molar-refractivity contribution in [2.45, 2.75) is 31.0 Å². The maximum absolute atomic E-state index is 14.0. The number of nitrogen functional groups attached to an aromatic ring is 1. The number of aromatic nitrogens is 2. The Morgan fingerprint density at radius 2 is 1.97 bits per heavy atom. The van der Waals surface area contributed by atoms with Crippen molar-refractivity contribution in [2.75, 3.05) is 5.73 Å². The quantitative estimate of drug-likeness (QED) is 0.625. The third kappa shape index (κ3) is 3.77. The van der Waals surface area contributed by atoms with Gasteiger partial charge in [-0.15, -0.1) is 16.4 Å². The van der Waals surface area contributed by atoms with E-state index in [-0.39, 0.29) is 22.7 Å². The molecule has 0 spiro atoms. The van der Waals surface area contributed by atoms with Crippen molar-refractivity contribution in [1.82, 2.24) is 15.5 Å². The van der Waals surface area contributed by atoms with Gasteiger partial charge >= 0.3 is 5.76 Å². The Balaban J connectivity index is 1.81. The van der Waals surface area contributed by atoms with Crippen molar-refractivity contribution < 1.29 is 26.4 Å². The number of alkyl halides is 2. The third-order valence-electron chi connectivity index (χ3n) is 4.33. The molecule has 29 heavy (non-hydrogen) atoms. The zero-order valence-electron chi connectivity index (χ0n) is 15.2. The number of halogens is 3.